The van der Waals surface area contributed by atoms with Crippen molar-refractivity contribution in [3.63, 3.8) is 0 Å². The SMILES string of the molecule is C=CCO.O=COCO. The molecule has 54 valence electrons. The first-order valence-electron chi connectivity index (χ1n) is 2.21. The minimum absolute atomic E-state index is 0.0833. The molecule has 0 bridgehead atoms. The molecule has 2 N–H and O–H groups in total. The van der Waals surface area contributed by atoms with Gasteiger partial charge in [0, 0.05) is 0 Å². The molecule has 0 heterocycles. The van der Waals surface area contributed by atoms with Gasteiger partial charge in [-0.3, -0.25) is 4.79 Å². The van der Waals surface area contributed by atoms with Crippen molar-refractivity contribution in [3.8, 4) is 0 Å². The summed E-state index contributed by atoms with van der Waals surface area (Å²) in [5.41, 5.74) is 0. The Morgan fingerprint density at radius 2 is 2.00 bits per heavy atom. The van der Waals surface area contributed by atoms with Crippen molar-refractivity contribution in [2.24, 2.45) is 0 Å². The van der Waals surface area contributed by atoms with Gasteiger partial charge in [-0.2, -0.15) is 0 Å². The molecular weight excluding hydrogens is 124 g/mol. The maximum Gasteiger partial charge on any atom is 0.295 e. The maximum absolute atomic E-state index is 9.02. The number of ether oxygens (including phenoxy) is 1. The van der Waals surface area contributed by atoms with Gasteiger partial charge in [0.2, 0.25) is 0 Å². The molecule has 0 saturated carbocycles. The predicted molar refractivity (Wildman–Crippen MR) is 31.5 cm³/mol. The summed E-state index contributed by atoms with van der Waals surface area (Å²) in [4.78, 5) is 9.02. The lowest BCUT2D eigenvalue weighted by atomic mass is 10.7. The zero-order chi connectivity index (χ0) is 7.54. The highest BCUT2D eigenvalue weighted by Gasteiger charge is 1.61. The molecule has 0 unspecified atom stereocenters. The van der Waals surface area contributed by atoms with Crippen molar-refractivity contribution in [2.45, 2.75) is 0 Å². The van der Waals surface area contributed by atoms with Gasteiger partial charge in [0.15, 0.2) is 6.79 Å². The van der Waals surface area contributed by atoms with Crippen molar-refractivity contribution >= 4 is 6.47 Å². The van der Waals surface area contributed by atoms with Gasteiger partial charge < -0.3 is 14.9 Å². The van der Waals surface area contributed by atoms with E-state index in [4.69, 9.17) is 15.0 Å². The Hall–Kier alpha value is -0.870. The van der Waals surface area contributed by atoms with Gasteiger partial charge in [-0.15, -0.1) is 6.58 Å². The van der Waals surface area contributed by atoms with Gasteiger partial charge in [-0.05, 0) is 0 Å². The van der Waals surface area contributed by atoms with Gasteiger partial charge in [-0.25, -0.2) is 0 Å². The van der Waals surface area contributed by atoms with E-state index in [0.29, 0.717) is 0 Å². The van der Waals surface area contributed by atoms with Gasteiger partial charge in [0.05, 0.1) is 6.61 Å². The number of hydrogen-bond donors (Lipinski definition) is 2. The first-order valence-corrected chi connectivity index (χ1v) is 2.21. The topological polar surface area (TPSA) is 66.8 Å². The standard InChI is InChI=1S/C3H6O.C2H4O3/c1-2-3-4;3-1-5-2-4/h2,4H,1,3H2;1,4H,2H2. The number of aliphatic hydroxyl groups excluding tert-OH is 2. The third-order valence-electron chi connectivity index (χ3n) is 0.272. The van der Waals surface area contributed by atoms with E-state index in [1.54, 1.807) is 0 Å². The molecule has 0 rings (SSSR count). The molecule has 0 aromatic carbocycles. The lowest BCUT2D eigenvalue weighted by Crippen LogP contribution is -1.85. The molecule has 0 atom stereocenters. The molecule has 0 fully saturated rings. The van der Waals surface area contributed by atoms with Crippen LogP contribution in [0.4, 0.5) is 0 Å². The van der Waals surface area contributed by atoms with Crippen LogP contribution in [0.15, 0.2) is 12.7 Å². The van der Waals surface area contributed by atoms with Crippen LogP contribution in [0, 0.1) is 0 Å². The Labute approximate surface area is 53.4 Å². The summed E-state index contributed by atoms with van der Waals surface area (Å²) in [6, 6.07) is 0. The molecule has 0 radical (unpaired) electrons. The van der Waals surface area contributed by atoms with Crippen LogP contribution in [-0.2, 0) is 9.53 Å². The summed E-state index contributed by atoms with van der Waals surface area (Å²) >= 11 is 0. The zero-order valence-electron chi connectivity index (χ0n) is 4.99. The van der Waals surface area contributed by atoms with Crippen molar-refractivity contribution in [2.75, 3.05) is 13.4 Å². The van der Waals surface area contributed by atoms with E-state index >= 15 is 0 Å². The quantitative estimate of drug-likeness (QED) is 0.303. The van der Waals surface area contributed by atoms with E-state index in [9.17, 15) is 0 Å². The molecule has 0 aliphatic carbocycles. The third-order valence-corrected chi connectivity index (χ3v) is 0.272. The van der Waals surface area contributed by atoms with Gasteiger partial charge in [0.1, 0.15) is 0 Å². The number of aliphatic hydroxyl groups is 2. The molecule has 4 nitrogen and oxygen atoms in total. The Morgan fingerprint density at radius 3 is 2.00 bits per heavy atom. The van der Waals surface area contributed by atoms with Crippen LogP contribution in [-0.4, -0.2) is 30.1 Å². The number of rotatable bonds is 3. The normalized spacial score (nSPS) is 6.44. The molecule has 0 saturated heterocycles. The van der Waals surface area contributed by atoms with Crippen LogP contribution >= 0.6 is 0 Å². The fraction of sp³-hybridized carbons (Fsp3) is 0.400. The second-order valence-corrected chi connectivity index (χ2v) is 0.863. The average Bonchev–Trinajstić information content (AvgIpc) is 1.91. The lowest BCUT2D eigenvalue weighted by Gasteiger charge is -1.79. The third kappa shape index (κ3) is 41.4. The highest BCUT2D eigenvalue weighted by atomic mass is 16.6. The number of carbonyl (C=O) groups excluding carboxylic acids is 1. The average molecular weight is 134 g/mol. The molecule has 0 spiro atoms. The van der Waals surface area contributed by atoms with Crippen molar-refractivity contribution in [3.05, 3.63) is 12.7 Å². The van der Waals surface area contributed by atoms with Gasteiger partial charge in [0.25, 0.3) is 6.47 Å². The summed E-state index contributed by atoms with van der Waals surface area (Å²) in [5.74, 6) is 0. The van der Waals surface area contributed by atoms with Gasteiger partial charge >= 0.3 is 0 Å². The van der Waals surface area contributed by atoms with Crippen LogP contribution in [0.5, 0.6) is 0 Å². The number of carbonyl (C=O) groups is 1. The fourth-order valence-corrected chi connectivity index (χ4v) is 0.0304. The molecular formula is C5H10O4. The predicted octanol–water partition coefficient (Wildman–Crippen LogP) is -0.726. The van der Waals surface area contributed by atoms with E-state index in [2.05, 4.69) is 11.3 Å². The van der Waals surface area contributed by atoms with E-state index in [-0.39, 0.29) is 13.1 Å². The number of hydrogen-bond acceptors (Lipinski definition) is 4. The Bertz CT molecular complexity index is 62.0. The van der Waals surface area contributed by atoms with Crippen molar-refractivity contribution < 1.29 is 19.7 Å². The molecule has 0 aromatic heterocycles. The highest BCUT2D eigenvalue weighted by Crippen LogP contribution is 1.50. The molecule has 0 aliphatic heterocycles. The fourth-order valence-electron chi connectivity index (χ4n) is 0.0304. The van der Waals surface area contributed by atoms with E-state index in [1.165, 1.54) is 6.08 Å². The van der Waals surface area contributed by atoms with E-state index in [1.807, 2.05) is 0 Å². The first-order chi connectivity index (χ1) is 4.33. The van der Waals surface area contributed by atoms with Crippen LogP contribution in [0.25, 0.3) is 0 Å². The van der Waals surface area contributed by atoms with Crippen molar-refractivity contribution in [1.29, 1.82) is 0 Å². The highest BCUT2D eigenvalue weighted by molar-refractivity contribution is 5.36. The second kappa shape index (κ2) is 15.7. The van der Waals surface area contributed by atoms with E-state index in [0.717, 1.165) is 0 Å². The Balaban J connectivity index is 0. The maximum atomic E-state index is 9.02. The minimum Gasteiger partial charge on any atom is -0.441 e. The van der Waals surface area contributed by atoms with Crippen LogP contribution in [0.3, 0.4) is 0 Å². The zero-order valence-corrected chi connectivity index (χ0v) is 4.99. The molecule has 0 aliphatic rings. The Kier molecular flexibility index (Phi) is 19.2. The van der Waals surface area contributed by atoms with Crippen LogP contribution in [0.2, 0.25) is 0 Å². The van der Waals surface area contributed by atoms with E-state index < -0.39 is 6.79 Å². The lowest BCUT2D eigenvalue weighted by molar-refractivity contribution is -0.136. The Morgan fingerprint density at radius 1 is 1.56 bits per heavy atom. The monoisotopic (exact) mass is 134 g/mol. The summed E-state index contributed by atoms with van der Waals surface area (Å²) < 4.78 is 3.71. The first kappa shape index (κ1) is 11.0. The summed E-state index contributed by atoms with van der Waals surface area (Å²) in [6.07, 6.45) is 1.43. The minimum atomic E-state index is -0.524. The molecule has 0 amide bonds. The molecule has 9 heavy (non-hydrogen) atoms. The smallest absolute Gasteiger partial charge is 0.295 e. The second-order valence-electron chi connectivity index (χ2n) is 0.863. The largest absolute Gasteiger partial charge is 0.441 e. The van der Waals surface area contributed by atoms with Gasteiger partial charge in [-0.1, -0.05) is 6.08 Å². The summed E-state index contributed by atoms with van der Waals surface area (Å²) in [6.45, 7) is 2.97. The van der Waals surface area contributed by atoms with Crippen LogP contribution in [0.1, 0.15) is 0 Å². The summed E-state index contributed by atoms with van der Waals surface area (Å²) in [7, 11) is 0. The molecule has 4 heteroatoms. The summed E-state index contributed by atoms with van der Waals surface area (Å²) in [5, 5.41) is 15.4. The van der Waals surface area contributed by atoms with Crippen LogP contribution < -0.4 is 0 Å². The van der Waals surface area contributed by atoms with Crippen molar-refractivity contribution in [1.82, 2.24) is 0 Å². The molecule has 0 aromatic rings.